The van der Waals surface area contributed by atoms with Gasteiger partial charge in [0.1, 0.15) is 6.10 Å². The van der Waals surface area contributed by atoms with Crippen LogP contribution in [0.25, 0.3) is 0 Å². The summed E-state index contributed by atoms with van der Waals surface area (Å²) in [5.74, 6) is -4.14. The van der Waals surface area contributed by atoms with Gasteiger partial charge >= 0.3 is 5.51 Å². The fourth-order valence-electron chi connectivity index (χ4n) is 3.89. The molecule has 2 aliphatic carbocycles. The van der Waals surface area contributed by atoms with Crippen LogP contribution >= 0.6 is 0 Å². The summed E-state index contributed by atoms with van der Waals surface area (Å²) in [5.41, 5.74) is -6.52. The van der Waals surface area contributed by atoms with Crippen LogP contribution in [-0.2, 0) is 16.3 Å². The molecule has 1 saturated carbocycles. The smallest absolute Gasteiger partial charge is 0.393 e. The third-order valence-corrected chi connectivity index (χ3v) is 6.66. The lowest BCUT2D eigenvalue weighted by molar-refractivity contribution is -0.0978. The number of fused-ring (bicyclic) bond motifs is 1. The highest BCUT2D eigenvalue weighted by atomic mass is 32.2. The first kappa shape index (κ1) is 19.5. The SMILES string of the molecule is O=S(=O)(c1ccc([C@@H]2CCC[C@H](O)C2)c2c1C(O)C(F)(F)C2)C(F)(F)F. The molecule has 0 saturated heterocycles. The molecule has 0 bridgehead atoms. The van der Waals surface area contributed by atoms with E-state index in [4.69, 9.17) is 0 Å². The number of aliphatic hydroxyl groups excluding tert-OH is 2. The monoisotopic (exact) mass is 400 g/mol. The molecule has 0 amide bonds. The summed E-state index contributed by atoms with van der Waals surface area (Å²) in [6, 6.07) is 1.75. The van der Waals surface area contributed by atoms with Crippen LogP contribution in [0, 0.1) is 0 Å². The predicted molar refractivity (Wildman–Crippen MR) is 80.5 cm³/mol. The van der Waals surface area contributed by atoms with Crippen LogP contribution in [0.1, 0.15) is 54.4 Å². The van der Waals surface area contributed by atoms with Crippen molar-refractivity contribution in [3.63, 3.8) is 0 Å². The van der Waals surface area contributed by atoms with Gasteiger partial charge in [0.15, 0.2) is 0 Å². The van der Waals surface area contributed by atoms with Crippen molar-refractivity contribution >= 4 is 9.84 Å². The van der Waals surface area contributed by atoms with Crippen molar-refractivity contribution < 1.29 is 40.6 Å². The van der Waals surface area contributed by atoms with E-state index in [0.717, 1.165) is 6.07 Å². The summed E-state index contributed by atoms with van der Waals surface area (Å²) in [6.07, 6.45) is -2.38. The molecule has 26 heavy (non-hydrogen) atoms. The standard InChI is InChI=1S/C16H17F5O4S/c17-15(18)7-11-10(8-2-1-3-9(22)6-8)4-5-12(13(11)14(15)23)26(24,25)16(19,20)21/h4-5,8-9,14,22-23H,1-3,6-7H2/t8-,9+,14?/m1/s1. The van der Waals surface area contributed by atoms with Gasteiger partial charge in [-0.15, -0.1) is 0 Å². The summed E-state index contributed by atoms with van der Waals surface area (Å²) in [7, 11) is -5.89. The number of hydrogen-bond donors (Lipinski definition) is 2. The van der Waals surface area contributed by atoms with Gasteiger partial charge in [-0.3, -0.25) is 0 Å². The number of aliphatic hydroxyl groups is 2. The number of halogens is 5. The van der Waals surface area contributed by atoms with E-state index >= 15 is 0 Å². The van der Waals surface area contributed by atoms with E-state index in [0.29, 0.717) is 25.3 Å². The largest absolute Gasteiger partial charge is 0.501 e. The van der Waals surface area contributed by atoms with Gasteiger partial charge < -0.3 is 10.2 Å². The number of sulfone groups is 1. The molecule has 1 aromatic rings. The van der Waals surface area contributed by atoms with Crippen molar-refractivity contribution in [2.45, 2.75) is 66.6 Å². The van der Waals surface area contributed by atoms with Gasteiger partial charge in [0.2, 0.25) is 0 Å². The van der Waals surface area contributed by atoms with Crippen molar-refractivity contribution in [2.24, 2.45) is 0 Å². The minimum absolute atomic E-state index is 0.249. The molecule has 1 aromatic carbocycles. The van der Waals surface area contributed by atoms with Gasteiger partial charge in [0.05, 0.1) is 11.0 Å². The summed E-state index contributed by atoms with van der Waals surface area (Å²) < 4.78 is 90.4. The molecule has 0 aromatic heterocycles. The molecule has 1 unspecified atom stereocenters. The zero-order chi connectivity index (χ0) is 19.5. The minimum atomic E-state index is -5.89. The Bertz CT molecular complexity index is 819. The Kier molecular flexibility index (Phi) is 4.60. The maximum atomic E-state index is 14.0. The highest BCUT2D eigenvalue weighted by Gasteiger charge is 2.55. The Morgan fingerprint density at radius 3 is 2.35 bits per heavy atom. The maximum absolute atomic E-state index is 14.0. The van der Waals surface area contributed by atoms with Crippen LogP contribution in [0.15, 0.2) is 17.0 Å². The Hall–Kier alpha value is -1.26. The highest BCUT2D eigenvalue weighted by Crippen LogP contribution is 2.51. The number of benzene rings is 1. The predicted octanol–water partition coefficient (Wildman–Crippen LogP) is 3.22. The summed E-state index contributed by atoms with van der Waals surface area (Å²) in [4.78, 5) is -1.33. The average Bonchev–Trinajstić information content (AvgIpc) is 2.75. The molecular formula is C16H17F5O4S. The second-order valence-corrected chi connectivity index (χ2v) is 8.76. The number of hydrogen-bond acceptors (Lipinski definition) is 4. The molecule has 2 N–H and O–H groups in total. The second kappa shape index (κ2) is 6.13. The first-order valence-electron chi connectivity index (χ1n) is 8.07. The van der Waals surface area contributed by atoms with E-state index in [2.05, 4.69) is 0 Å². The first-order chi connectivity index (χ1) is 11.9. The number of rotatable bonds is 2. The van der Waals surface area contributed by atoms with E-state index < -0.39 is 50.4 Å². The van der Waals surface area contributed by atoms with Crippen molar-refractivity contribution in [2.75, 3.05) is 0 Å². The lowest BCUT2D eigenvalue weighted by Crippen LogP contribution is -2.27. The summed E-state index contributed by atoms with van der Waals surface area (Å²) in [6.45, 7) is 0. The summed E-state index contributed by atoms with van der Waals surface area (Å²) in [5, 5.41) is 19.7. The van der Waals surface area contributed by atoms with Crippen LogP contribution in [0.4, 0.5) is 22.0 Å². The Morgan fingerprint density at radius 1 is 1.12 bits per heavy atom. The van der Waals surface area contributed by atoms with Gasteiger partial charge in [-0.2, -0.15) is 13.2 Å². The van der Waals surface area contributed by atoms with Crippen LogP contribution in [-0.4, -0.2) is 36.2 Å². The van der Waals surface area contributed by atoms with Gasteiger partial charge in [-0.1, -0.05) is 12.5 Å². The van der Waals surface area contributed by atoms with Gasteiger partial charge in [-0.25, -0.2) is 17.2 Å². The van der Waals surface area contributed by atoms with Crippen molar-refractivity contribution in [1.29, 1.82) is 0 Å². The van der Waals surface area contributed by atoms with Crippen LogP contribution in [0.5, 0.6) is 0 Å². The average molecular weight is 400 g/mol. The topological polar surface area (TPSA) is 74.6 Å². The Morgan fingerprint density at radius 2 is 1.77 bits per heavy atom. The third kappa shape index (κ3) is 3.01. The fraction of sp³-hybridized carbons (Fsp3) is 0.625. The Balaban J connectivity index is 2.19. The molecule has 1 fully saturated rings. The van der Waals surface area contributed by atoms with Crippen molar-refractivity contribution in [3.05, 3.63) is 28.8 Å². The van der Waals surface area contributed by atoms with E-state index in [-0.39, 0.29) is 23.5 Å². The second-order valence-electron chi connectivity index (χ2n) is 6.85. The molecule has 3 rings (SSSR count). The van der Waals surface area contributed by atoms with Crippen LogP contribution in [0.2, 0.25) is 0 Å². The van der Waals surface area contributed by atoms with Crippen molar-refractivity contribution in [3.8, 4) is 0 Å². The maximum Gasteiger partial charge on any atom is 0.501 e. The molecule has 4 nitrogen and oxygen atoms in total. The Labute approximate surface area is 146 Å². The zero-order valence-corrected chi connectivity index (χ0v) is 14.2. The minimum Gasteiger partial charge on any atom is -0.393 e. The molecule has 0 radical (unpaired) electrons. The normalized spacial score (nSPS) is 28.8. The first-order valence-corrected chi connectivity index (χ1v) is 9.55. The highest BCUT2D eigenvalue weighted by molar-refractivity contribution is 7.92. The van der Waals surface area contributed by atoms with Crippen LogP contribution in [0.3, 0.4) is 0 Å². The van der Waals surface area contributed by atoms with E-state index in [1.54, 1.807) is 0 Å². The zero-order valence-electron chi connectivity index (χ0n) is 13.4. The fourth-order valence-corrected chi connectivity index (χ4v) is 4.91. The van der Waals surface area contributed by atoms with E-state index in [1.807, 2.05) is 0 Å². The lowest BCUT2D eigenvalue weighted by Gasteiger charge is -2.28. The van der Waals surface area contributed by atoms with E-state index in [1.165, 1.54) is 0 Å². The van der Waals surface area contributed by atoms with E-state index in [9.17, 15) is 40.6 Å². The molecule has 146 valence electrons. The molecule has 3 atom stereocenters. The molecular weight excluding hydrogens is 383 g/mol. The molecule has 0 aliphatic heterocycles. The molecule has 10 heteroatoms. The summed E-state index contributed by atoms with van der Waals surface area (Å²) >= 11 is 0. The quantitative estimate of drug-likeness (QED) is 0.748. The van der Waals surface area contributed by atoms with Gasteiger partial charge in [0.25, 0.3) is 15.8 Å². The lowest BCUT2D eigenvalue weighted by atomic mass is 9.80. The molecule has 0 spiro atoms. The van der Waals surface area contributed by atoms with Gasteiger partial charge in [0, 0.05) is 12.0 Å². The molecule has 0 heterocycles. The molecule has 2 aliphatic rings. The van der Waals surface area contributed by atoms with Gasteiger partial charge in [-0.05, 0) is 42.4 Å². The van der Waals surface area contributed by atoms with Crippen molar-refractivity contribution in [1.82, 2.24) is 0 Å². The number of alkyl halides is 5. The third-order valence-electron chi connectivity index (χ3n) is 5.12. The van der Waals surface area contributed by atoms with Crippen LogP contribution < -0.4 is 0 Å².